The van der Waals surface area contributed by atoms with Gasteiger partial charge in [-0.15, -0.1) is 13.2 Å². The Hall–Kier alpha value is -1.74. The Morgan fingerprint density at radius 3 is 2.67 bits per heavy atom. The van der Waals surface area contributed by atoms with Crippen LogP contribution in [0.25, 0.3) is 0 Å². The number of H-pyrrole nitrogens is 1. The second kappa shape index (κ2) is 5.94. The standard InChI is InChI=1S/C11H5BrClF3N2O3/c12-6-3-5(1-2-7(6)21-11(14,15)16)20-10-8(13)9(19)17-4-18-10/h1-4H,(H,17,18,19). The first-order valence-corrected chi connectivity index (χ1v) is 6.40. The monoisotopic (exact) mass is 384 g/mol. The molecule has 0 atom stereocenters. The lowest BCUT2D eigenvalue weighted by Crippen LogP contribution is -2.17. The molecule has 1 N–H and O–H groups in total. The predicted molar refractivity (Wildman–Crippen MR) is 70.8 cm³/mol. The van der Waals surface area contributed by atoms with Crippen LogP contribution in [0.3, 0.4) is 0 Å². The summed E-state index contributed by atoms with van der Waals surface area (Å²) in [5.74, 6) is -0.479. The van der Waals surface area contributed by atoms with Gasteiger partial charge in [-0.3, -0.25) is 4.79 Å². The quantitative estimate of drug-likeness (QED) is 0.871. The van der Waals surface area contributed by atoms with Crippen molar-refractivity contribution < 1.29 is 22.6 Å². The lowest BCUT2D eigenvalue weighted by atomic mass is 10.3. The normalized spacial score (nSPS) is 11.3. The van der Waals surface area contributed by atoms with Crippen LogP contribution in [0.5, 0.6) is 17.4 Å². The van der Waals surface area contributed by atoms with Gasteiger partial charge in [0.25, 0.3) is 5.56 Å². The Balaban J connectivity index is 2.25. The molecule has 0 amide bonds. The van der Waals surface area contributed by atoms with Gasteiger partial charge in [-0.25, -0.2) is 4.98 Å². The number of aromatic amines is 1. The Morgan fingerprint density at radius 1 is 1.33 bits per heavy atom. The van der Waals surface area contributed by atoms with Crippen LogP contribution >= 0.6 is 27.5 Å². The Labute approximate surface area is 128 Å². The fraction of sp³-hybridized carbons (Fsp3) is 0.0909. The SMILES string of the molecule is O=c1[nH]cnc(Oc2ccc(OC(F)(F)F)c(Br)c2)c1Cl. The fourth-order valence-electron chi connectivity index (χ4n) is 1.30. The van der Waals surface area contributed by atoms with Gasteiger partial charge in [0.05, 0.1) is 10.8 Å². The van der Waals surface area contributed by atoms with E-state index >= 15 is 0 Å². The minimum Gasteiger partial charge on any atom is -0.437 e. The van der Waals surface area contributed by atoms with Crippen LogP contribution in [0.1, 0.15) is 0 Å². The van der Waals surface area contributed by atoms with Gasteiger partial charge in [-0.2, -0.15) is 0 Å². The van der Waals surface area contributed by atoms with Crippen molar-refractivity contribution in [2.24, 2.45) is 0 Å². The molecule has 0 radical (unpaired) electrons. The van der Waals surface area contributed by atoms with Crippen molar-refractivity contribution >= 4 is 27.5 Å². The van der Waals surface area contributed by atoms with E-state index in [-0.39, 0.29) is 21.1 Å². The first kappa shape index (κ1) is 15.6. The molecule has 0 saturated heterocycles. The number of rotatable bonds is 3. The zero-order valence-electron chi connectivity index (χ0n) is 9.87. The summed E-state index contributed by atoms with van der Waals surface area (Å²) in [5, 5.41) is -0.274. The molecule has 10 heteroatoms. The van der Waals surface area contributed by atoms with Crippen LogP contribution < -0.4 is 15.0 Å². The molecule has 0 fully saturated rings. The summed E-state index contributed by atoms with van der Waals surface area (Å²) in [5.41, 5.74) is -0.599. The molecule has 5 nitrogen and oxygen atoms in total. The van der Waals surface area contributed by atoms with Crippen LogP contribution in [0.2, 0.25) is 5.02 Å². The highest BCUT2D eigenvalue weighted by molar-refractivity contribution is 9.10. The fourth-order valence-corrected chi connectivity index (χ4v) is 1.88. The summed E-state index contributed by atoms with van der Waals surface area (Å²) < 4.78 is 45.4. The van der Waals surface area contributed by atoms with Gasteiger partial charge < -0.3 is 14.5 Å². The molecule has 0 aliphatic rings. The van der Waals surface area contributed by atoms with E-state index in [1.54, 1.807) is 0 Å². The lowest BCUT2D eigenvalue weighted by Gasteiger charge is -2.12. The van der Waals surface area contributed by atoms with E-state index in [2.05, 4.69) is 30.6 Å². The molecule has 0 spiro atoms. The first-order valence-electron chi connectivity index (χ1n) is 5.22. The topological polar surface area (TPSA) is 64.2 Å². The summed E-state index contributed by atoms with van der Waals surface area (Å²) >= 11 is 8.60. The third-order valence-electron chi connectivity index (χ3n) is 2.11. The molecular weight excluding hydrogens is 380 g/mol. The van der Waals surface area contributed by atoms with Crippen LogP contribution in [-0.4, -0.2) is 16.3 Å². The smallest absolute Gasteiger partial charge is 0.437 e. The number of benzene rings is 1. The largest absolute Gasteiger partial charge is 0.573 e. The maximum Gasteiger partial charge on any atom is 0.573 e. The van der Waals surface area contributed by atoms with Crippen LogP contribution in [-0.2, 0) is 0 Å². The lowest BCUT2D eigenvalue weighted by molar-refractivity contribution is -0.274. The molecule has 112 valence electrons. The number of nitrogens with one attached hydrogen (secondary N) is 1. The molecule has 0 aliphatic heterocycles. The molecule has 0 bridgehead atoms. The maximum absolute atomic E-state index is 12.1. The number of hydrogen-bond acceptors (Lipinski definition) is 4. The molecule has 2 aromatic rings. The highest BCUT2D eigenvalue weighted by Crippen LogP contribution is 2.34. The van der Waals surface area contributed by atoms with Gasteiger partial charge in [-0.1, -0.05) is 11.6 Å². The van der Waals surface area contributed by atoms with E-state index in [4.69, 9.17) is 16.3 Å². The van der Waals surface area contributed by atoms with Gasteiger partial charge in [0.1, 0.15) is 11.5 Å². The van der Waals surface area contributed by atoms with Gasteiger partial charge >= 0.3 is 6.36 Å². The predicted octanol–water partition coefficient (Wildman–Crippen LogP) is 3.88. The molecule has 21 heavy (non-hydrogen) atoms. The van der Waals surface area contributed by atoms with Crippen molar-refractivity contribution in [2.75, 3.05) is 0 Å². The summed E-state index contributed by atoms with van der Waals surface area (Å²) in [7, 11) is 0. The van der Waals surface area contributed by atoms with Crippen molar-refractivity contribution in [1.82, 2.24) is 9.97 Å². The van der Waals surface area contributed by atoms with Crippen molar-refractivity contribution in [3.05, 3.63) is 44.4 Å². The molecule has 0 unspecified atom stereocenters. The second-order valence-electron chi connectivity index (χ2n) is 3.59. The van der Waals surface area contributed by atoms with Crippen molar-refractivity contribution in [1.29, 1.82) is 0 Å². The summed E-state index contributed by atoms with van der Waals surface area (Å²) in [4.78, 5) is 17.2. The van der Waals surface area contributed by atoms with Crippen LogP contribution in [0.15, 0.2) is 33.8 Å². The summed E-state index contributed by atoms with van der Waals surface area (Å²) in [6.45, 7) is 0. The Kier molecular flexibility index (Phi) is 4.43. The minimum atomic E-state index is -4.80. The van der Waals surface area contributed by atoms with Crippen LogP contribution in [0.4, 0.5) is 13.2 Å². The molecule has 1 aromatic heterocycles. The molecule has 1 aromatic carbocycles. The third kappa shape index (κ3) is 4.11. The minimum absolute atomic E-state index is 0.0123. The van der Waals surface area contributed by atoms with Crippen molar-refractivity contribution in [3.63, 3.8) is 0 Å². The van der Waals surface area contributed by atoms with E-state index in [9.17, 15) is 18.0 Å². The molecule has 2 rings (SSSR count). The number of nitrogens with zero attached hydrogens (tertiary/aromatic N) is 1. The average molecular weight is 386 g/mol. The second-order valence-corrected chi connectivity index (χ2v) is 4.83. The number of halogens is 5. The molecular formula is C11H5BrClF3N2O3. The van der Waals surface area contributed by atoms with E-state index in [1.165, 1.54) is 12.1 Å². The number of ether oxygens (including phenoxy) is 2. The zero-order chi connectivity index (χ0) is 15.6. The van der Waals surface area contributed by atoms with Gasteiger partial charge in [0.2, 0.25) is 5.88 Å². The van der Waals surface area contributed by atoms with E-state index in [1.807, 2.05) is 0 Å². The average Bonchev–Trinajstić information content (AvgIpc) is 2.37. The highest BCUT2D eigenvalue weighted by Gasteiger charge is 2.32. The highest BCUT2D eigenvalue weighted by atomic mass is 79.9. The van der Waals surface area contributed by atoms with Crippen LogP contribution in [0, 0.1) is 0 Å². The first-order chi connectivity index (χ1) is 9.76. The molecule has 1 heterocycles. The van der Waals surface area contributed by atoms with Gasteiger partial charge in [0, 0.05) is 0 Å². The van der Waals surface area contributed by atoms with E-state index in [0.717, 1.165) is 12.4 Å². The van der Waals surface area contributed by atoms with Gasteiger partial charge in [0.15, 0.2) is 5.02 Å². The number of hydrogen-bond donors (Lipinski definition) is 1. The number of alkyl halides is 3. The molecule has 0 saturated carbocycles. The zero-order valence-corrected chi connectivity index (χ0v) is 12.2. The Bertz CT molecular complexity index is 721. The summed E-state index contributed by atoms with van der Waals surface area (Å²) in [6, 6.07) is 3.49. The van der Waals surface area contributed by atoms with Gasteiger partial charge in [-0.05, 0) is 34.1 Å². The van der Waals surface area contributed by atoms with E-state index in [0.29, 0.717) is 0 Å². The van der Waals surface area contributed by atoms with Crippen molar-refractivity contribution in [2.45, 2.75) is 6.36 Å². The third-order valence-corrected chi connectivity index (χ3v) is 3.06. The maximum atomic E-state index is 12.1. The summed E-state index contributed by atoms with van der Waals surface area (Å²) in [6.07, 6.45) is -3.72. The number of aromatic nitrogens is 2. The Morgan fingerprint density at radius 2 is 2.05 bits per heavy atom. The molecule has 0 aliphatic carbocycles. The van der Waals surface area contributed by atoms with E-state index < -0.39 is 17.7 Å². The van der Waals surface area contributed by atoms with Crippen molar-refractivity contribution in [3.8, 4) is 17.4 Å².